The van der Waals surface area contributed by atoms with Crippen molar-refractivity contribution in [3.63, 3.8) is 0 Å². The lowest BCUT2D eigenvalue weighted by molar-refractivity contribution is 0.148. The molecule has 2 rings (SSSR count). The van der Waals surface area contributed by atoms with Gasteiger partial charge in [-0.1, -0.05) is 0 Å². The van der Waals surface area contributed by atoms with Crippen LogP contribution in [0.25, 0.3) is 0 Å². The van der Waals surface area contributed by atoms with Gasteiger partial charge in [0.25, 0.3) is 0 Å². The van der Waals surface area contributed by atoms with E-state index in [0.717, 1.165) is 6.54 Å². The first-order chi connectivity index (χ1) is 7.65. The minimum atomic E-state index is 0.459. The minimum Gasteiger partial charge on any atom is -0.304 e. The average molecular weight is 222 g/mol. The second-order valence-corrected chi connectivity index (χ2v) is 5.00. The highest BCUT2D eigenvalue weighted by atomic mass is 15.3. The van der Waals surface area contributed by atoms with Gasteiger partial charge in [-0.15, -0.1) is 0 Å². The third-order valence-corrected chi connectivity index (χ3v) is 3.19. The predicted molar refractivity (Wildman–Crippen MR) is 65.4 cm³/mol. The fourth-order valence-corrected chi connectivity index (χ4v) is 2.01. The summed E-state index contributed by atoms with van der Waals surface area (Å²) in [6, 6.07) is 0.459. The average Bonchev–Trinajstić information content (AvgIpc) is 2.70. The van der Waals surface area contributed by atoms with Gasteiger partial charge in [-0.3, -0.25) is 9.58 Å². The second-order valence-electron chi connectivity index (χ2n) is 5.00. The van der Waals surface area contributed by atoms with Crippen LogP contribution in [0.5, 0.6) is 0 Å². The van der Waals surface area contributed by atoms with Crippen molar-refractivity contribution in [3.05, 3.63) is 18.0 Å². The van der Waals surface area contributed by atoms with Gasteiger partial charge in [0.15, 0.2) is 0 Å². The number of hydrogen-bond donors (Lipinski definition) is 0. The van der Waals surface area contributed by atoms with Gasteiger partial charge < -0.3 is 4.90 Å². The Morgan fingerprint density at radius 2 is 1.94 bits per heavy atom. The SMILES string of the molecule is CC(C)n1cc(CN2CCN(C)CC2)cn1. The van der Waals surface area contributed by atoms with Gasteiger partial charge in [-0.2, -0.15) is 5.10 Å². The van der Waals surface area contributed by atoms with Crippen LogP contribution in [0.4, 0.5) is 0 Å². The number of likely N-dealkylation sites (N-methyl/N-ethyl adjacent to an activating group) is 1. The lowest BCUT2D eigenvalue weighted by Gasteiger charge is -2.31. The van der Waals surface area contributed by atoms with E-state index < -0.39 is 0 Å². The molecule has 1 aromatic heterocycles. The topological polar surface area (TPSA) is 24.3 Å². The van der Waals surface area contributed by atoms with E-state index in [1.165, 1.54) is 31.7 Å². The molecule has 0 amide bonds. The van der Waals surface area contributed by atoms with Gasteiger partial charge in [0.2, 0.25) is 0 Å². The van der Waals surface area contributed by atoms with E-state index >= 15 is 0 Å². The van der Waals surface area contributed by atoms with Crippen LogP contribution >= 0.6 is 0 Å². The monoisotopic (exact) mass is 222 g/mol. The van der Waals surface area contributed by atoms with Gasteiger partial charge in [0.1, 0.15) is 0 Å². The van der Waals surface area contributed by atoms with Crippen molar-refractivity contribution in [3.8, 4) is 0 Å². The first-order valence-electron chi connectivity index (χ1n) is 6.09. The van der Waals surface area contributed by atoms with Crippen LogP contribution in [0.2, 0.25) is 0 Å². The van der Waals surface area contributed by atoms with Crippen LogP contribution in [-0.2, 0) is 6.54 Å². The van der Waals surface area contributed by atoms with E-state index in [0.29, 0.717) is 6.04 Å². The summed E-state index contributed by atoms with van der Waals surface area (Å²) in [6.45, 7) is 10.1. The molecule has 2 heterocycles. The molecule has 1 fully saturated rings. The Hall–Kier alpha value is -0.870. The lowest BCUT2D eigenvalue weighted by Crippen LogP contribution is -2.43. The molecule has 0 N–H and O–H groups in total. The van der Waals surface area contributed by atoms with Crippen molar-refractivity contribution in [2.24, 2.45) is 0 Å². The van der Waals surface area contributed by atoms with Crippen LogP contribution in [0.1, 0.15) is 25.5 Å². The molecule has 0 saturated carbocycles. The van der Waals surface area contributed by atoms with Gasteiger partial charge in [0, 0.05) is 50.5 Å². The summed E-state index contributed by atoms with van der Waals surface area (Å²) in [4.78, 5) is 4.88. The molecule has 0 aromatic carbocycles. The lowest BCUT2D eigenvalue weighted by atomic mass is 10.2. The molecule has 4 heteroatoms. The van der Waals surface area contributed by atoms with Crippen molar-refractivity contribution in [2.75, 3.05) is 33.2 Å². The molecule has 4 nitrogen and oxygen atoms in total. The fourth-order valence-electron chi connectivity index (χ4n) is 2.01. The summed E-state index contributed by atoms with van der Waals surface area (Å²) < 4.78 is 2.03. The smallest absolute Gasteiger partial charge is 0.0534 e. The van der Waals surface area contributed by atoms with Crippen LogP contribution in [0, 0.1) is 0 Å². The second kappa shape index (κ2) is 4.97. The Kier molecular flexibility index (Phi) is 3.61. The Morgan fingerprint density at radius 3 is 2.50 bits per heavy atom. The zero-order valence-electron chi connectivity index (χ0n) is 10.6. The molecule has 1 aromatic rings. The largest absolute Gasteiger partial charge is 0.304 e. The third-order valence-electron chi connectivity index (χ3n) is 3.19. The summed E-state index contributed by atoms with van der Waals surface area (Å²) in [5, 5.41) is 4.38. The molecule has 0 spiro atoms. The van der Waals surface area contributed by atoms with Gasteiger partial charge >= 0.3 is 0 Å². The Balaban J connectivity index is 1.88. The fraction of sp³-hybridized carbons (Fsp3) is 0.750. The molecular formula is C12H22N4. The maximum atomic E-state index is 4.38. The van der Waals surface area contributed by atoms with Crippen LogP contribution in [0.3, 0.4) is 0 Å². The van der Waals surface area contributed by atoms with Crippen molar-refractivity contribution >= 4 is 0 Å². The van der Waals surface area contributed by atoms with Crippen LogP contribution in [-0.4, -0.2) is 52.8 Å². The highest BCUT2D eigenvalue weighted by molar-refractivity contribution is 5.04. The molecule has 90 valence electrons. The van der Waals surface area contributed by atoms with Crippen molar-refractivity contribution in [2.45, 2.75) is 26.4 Å². The van der Waals surface area contributed by atoms with E-state index in [2.05, 4.69) is 42.0 Å². The van der Waals surface area contributed by atoms with Crippen molar-refractivity contribution in [1.29, 1.82) is 0 Å². The summed E-state index contributed by atoms with van der Waals surface area (Å²) >= 11 is 0. The van der Waals surface area contributed by atoms with E-state index in [1.807, 2.05) is 10.9 Å². The van der Waals surface area contributed by atoms with E-state index in [9.17, 15) is 0 Å². The molecule has 0 radical (unpaired) electrons. The summed E-state index contributed by atoms with van der Waals surface area (Å²) in [7, 11) is 2.19. The molecule has 0 atom stereocenters. The zero-order valence-corrected chi connectivity index (χ0v) is 10.6. The number of aromatic nitrogens is 2. The molecule has 0 bridgehead atoms. The molecular weight excluding hydrogens is 200 g/mol. The Morgan fingerprint density at radius 1 is 1.25 bits per heavy atom. The maximum absolute atomic E-state index is 4.38. The quantitative estimate of drug-likeness (QED) is 0.768. The number of nitrogens with zero attached hydrogens (tertiary/aromatic N) is 4. The first kappa shape index (κ1) is 11.6. The molecule has 1 aliphatic heterocycles. The van der Waals surface area contributed by atoms with Crippen LogP contribution in [0.15, 0.2) is 12.4 Å². The maximum Gasteiger partial charge on any atom is 0.0534 e. The number of hydrogen-bond acceptors (Lipinski definition) is 3. The van der Waals surface area contributed by atoms with Crippen molar-refractivity contribution in [1.82, 2.24) is 19.6 Å². The summed E-state index contributed by atoms with van der Waals surface area (Å²) in [5.41, 5.74) is 1.33. The van der Waals surface area contributed by atoms with Gasteiger partial charge in [-0.05, 0) is 20.9 Å². The molecule has 1 aliphatic rings. The molecule has 1 saturated heterocycles. The molecule has 0 aliphatic carbocycles. The normalized spacial score (nSPS) is 19.5. The first-order valence-corrected chi connectivity index (χ1v) is 6.09. The van der Waals surface area contributed by atoms with Crippen molar-refractivity contribution < 1.29 is 0 Å². The van der Waals surface area contributed by atoms with Gasteiger partial charge in [0.05, 0.1) is 6.20 Å². The van der Waals surface area contributed by atoms with E-state index in [1.54, 1.807) is 0 Å². The number of piperazine rings is 1. The Bertz CT molecular complexity index is 324. The Labute approximate surface area is 97.8 Å². The molecule has 16 heavy (non-hydrogen) atoms. The minimum absolute atomic E-state index is 0.459. The number of rotatable bonds is 3. The van der Waals surface area contributed by atoms with E-state index in [-0.39, 0.29) is 0 Å². The summed E-state index contributed by atoms with van der Waals surface area (Å²) in [6.07, 6.45) is 4.17. The third kappa shape index (κ3) is 2.83. The highest BCUT2D eigenvalue weighted by Gasteiger charge is 2.14. The van der Waals surface area contributed by atoms with Gasteiger partial charge in [-0.25, -0.2) is 0 Å². The predicted octanol–water partition coefficient (Wildman–Crippen LogP) is 1.21. The zero-order chi connectivity index (χ0) is 11.5. The molecule has 0 unspecified atom stereocenters. The van der Waals surface area contributed by atoms with Crippen LogP contribution < -0.4 is 0 Å². The summed E-state index contributed by atoms with van der Waals surface area (Å²) in [5.74, 6) is 0. The van der Waals surface area contributed by atoms with E-state index in [4.69, 9.17) is 0 Å². The highest BCUT2D eigenvalue weighted by Crippen LogP contribution is 2.09. The standard InChI is InChI=1S/C12H22N4/c1-11(2)16-10-12(8-13-16)9-15-6-4-14(3)5-7-15/h8,10-11H,4-7,9H2,1-3H3.